The molecule has 9 heteroatoms. The molecule has 1 aliphatic rings. The quantitative estimate of drug-likeness (QED) is 0.667. The highest BCUT2D eigenvalue weighted by atomic mass is 32.2. The summed E-state index contributed by atoms with van der Waals surface area (Å²) in [5.74, 6) is 1.08. The summed E-state index contributed by atoms with van der Waals surface area (Å²) in [4.78, 5) is 13.2. The van der Waals surface area contributed by atoms with Crippen molar-refractivity contribution in [2.24, 2.45) is 0 Å². The second-order valence-corrected chi connectivity index (χ2v) is 9.21. The molecule has 3 rings (SSSR count). The van der Waals surface area contributed by atoms with E-state index in [-0.39, 0.29) is 10.5 Å². The van der Waals surface area contributed by atoms with E-state index >= 15 is 0 Å². The molecule has 1 amide bonds. The first-order chi connectivity index (χ1) is 14.8. The van der Waals surface area contributed by atoms with Gasteiger partial charge >= 0.3 is 0 Å². The summed E-state index contributed by atoms with van der Waals surface area (Å²) >= 11 is 0. The number of sulfonamides is 1. The fourth-order valence-electron chi connectivity index (χ4n) is 3.63. The van der Waals surface area contributed by atoms with E-state index in [1.165, 1.54) is 29.6 Å². The van der Waals surface area contributed by atoms with Crippen molar-refractivity contribution in [1.29, 1.82) is 0 Å². The van der Waals surface area contributed by atoms with E-state index in [2.05, 4.69) is 5.32 Å². The number of ether oxygens (including phenoxy) is 3. The normalized spacial score (nSPS) is 15.4. The van der Waals surface area contributed by atoms with Gasteiger partial charge in [0.25, 0.3) is 5.91 Å². The summed E-state index contributed by atoms with van der Waals surface area (Å²) in [6.45, 7) is 2.79. The van der Waals surface area contributed by atoms with Crippen LogP contribution >= 0.6 is 0 Å². The first kappa shape index (κ1) is 22.9. The van der Waals surface area contributed by atoms with Crippen molar-refractivity contribution >= 4 is 15.9 Å². The molecule has 2 aromatic rings. The molecule has 0 radical (unpaired) electrons. The molecule has 8 nitrogen and oxygen atoms in total. The van der Waals surface area contributed by atoms with Gasteiger partial charge < -0.3 is 19.5 Å². The Balaban J connectivity index is 1.90. The van der Waals surface area contributed by atoms with Crippen LogP contribution in [0.1, 0.15) is 41.7 Å². The molecule has 1 heterocycles. The second kappa shape index (κ2) is 9.57. The van der Waals surface area contributed by atoms with Crippen molar-refractivity contribution in [2.75, 3.05) is 34.4 Å². The first-order valence-corrected chi connectivity index (χ1v) is 11.5. The third-order valence-electron chi connectivity index (χ3n) is 5.37. The zero-order valence-electron chi connectivity index (χ0n) is 18.2. The summed E-state index contributed by atoms with van der Waals surface area (Å²) in [7, 11) is 0.894. The van der Waals surface area contributed by atoms with E-state index in [4.69, 9.17) is 14.2 Å². The monoisotopic (exact) mass is 448 g/mol. The Morgan fingerprint density at radius 3 is 2.23 bits per heavy atom. The molecular weight excluding hydrogens is 420 g/mol. The van der Waals surface area contributed by atoms with Gasteiger partial charge in [-0.05, 0) is 56.2 Å². The third-order valence-corrected chi connectivity index (χ3v) is 7.26. The molecule has 1 unspecified atom stereocenters. The van der Waals surface area contributed by atoms with Crippen molar-refractivity contribution in [2.45, 2.75) is 30.7 Å². The Morgan fingerprint density at radius 1 is 0.968 bits per heavy atom. The Hall–Kier alpha value is -2.78. The molecule has 1 atom stereocenters. The van der Waals surface area contributed by atoms with Gasteiger partial charge in [-0.25, -0.2) is 8.42 Å². The average Bonchev–Trinajstić information content (AvgIpc) is 3.34. The number of hydrogen-bond donors (Lipinski definition) is 1. The smallest absolute Gasteiger partial charge is 0.255 e. The van der Waals surface area contributed by atoms with Crippen LogP contribution in [0.25, 0.3) is 0 Å². The lowest BCUT2D eigenvalue weighted by molar-refractivity contribution is 0.0936. The molecule has 168 valence electrons. The maximum atomic E-state index is 13.1. The van der Waals surface area contributed by atoms with Crippen LogP contribution in [0.2, 0.25) is 0 Å². The number of amides is 1. The number of hydrogen-bond acceptors (Lipinski definition) is 6. The zero-order valence-corrected chi connectivity index (χ0v) is 19.0. The summed E-state index contributed by atoms with van der Waals surface area (Å²) in [5, 5.41) is 2.90. The van der Waals surface area contributed by atoms with Crippen LogP contribution < -0.4 is 19.5 Å². The van der Waals surface area contributed by atoms with Crippen molar-refractivity contribution in [1.82, 2.24) is 9.62 Å². The molecule has 0 spiro atoms. The zero-order chi connectivity index (χ0) is 22.6. The summed E-state index contributed by atoms with van der Waals surface area (Å²) in [6, 6.07) is 9.24. The number of carbonyl (C=O) groups excluding carboxylic acids is 1. The standard InChI is InChI=1S/C22H28N2O6S/c1-15(18-13-16(28-2)7-9-20(18)29-3)23-22(25)19-14-17(8-10-21(19)30-4)31(26,27)24-11-5-6-12-24/h7-10,13-15H,5-6,11-12H2,1-4H3,(H,23,25). The Morgan fingerprint density at radius 2 is 1.61 bits per heavy atom. The SMILES string of the molecule is COc1ccc(OC)c(C(C)NC(=O)c2cc(S(=O)(=O)N3CCCC3)ccc2OC)c1. The van der Waals surface area contributed by atoms with Gasteiger partial charge in [0.2, 0.25) is 10.0 Å². The fraction of sp³-hybridized carbons (Fsp3) is 0.409. The molecule has 0 bridgehead atoms. The van der Waals surface area contributed by atoms with Crippen LogP contribution in [0.5, 0.6) is 17.2 Å². The van der Waals surface area contributed by atoms with Crippen LogP contribution in [-0.4, -0.2) is 53.0 Å². The van der Waals surface area contributed by atoms with E-state index in [1.54, 1.807) is 32.4 Å². The van der Waals surface area contributed by atoms with Gasteiger partial charge in [0, 0.05) is 18.7 Å². The molecule has 0 aromatic heterocycles. The van der Waals surface area contributed by atoms with E-state index in [9.17, 15) is 13.2 Å². The van der Waals surface area contributed by atoms with Gasteiger partial charge in [-0.2, -0.15) is 4.31 Å². The predicted molar refractivity (Wildman–Crippen MR) is 116 cm³/mol. The van der Waals surface area contributed by atoms with Crippen LogP contribution in [0.15, 0.2) is 41.3 Å². The fourth-order valence-corrected chi connectivity index (χ4v) is 5.18. The molecule has 0 aliphatic carbocycles. The Labute approximate surface area is 183 Å². The number of methoxy groups -OCH3 is 3. The molecular formula is C22H28N2O6S. The third kappa shape index (κ3) is 4.77. The predicted octanol–water partition coefficient (Wildman–Crippen LogP) is 2.99. The van der Waals surface area contributed by atoms with Crippen LogP contribution in [0.3, 0.4) is 0 Å². The minimum absolute atomic E-state index is 0.0759. The van der Waals surface area contributed by atoms with Gasteiger partial charge in [-0.3, -0.25) is 4.79 Å². The molecule has 1 aliphatic heterocycles. The van der Waals surface area contributed by atoms with E-state index in [0.717, 1.165) is 18.4 Å². The van der Waals surface area contributed by atoms with Gasteiger partial charge in [0.15, 0.2) is 0 Å². The summed E-state index contributed by atoms with van der Waals surface area (Å²) in [5.41, 5.74) is 0.881. The number of rotatable bonds is 8. The van der Waals surface area contributed by atoms with Crippen LogP contribution in [0.4, 0.5) is 0 Å². The van der Waals surface area contributed by atoms with Crippen LogP contribution in [-0.2, 0) is 10.0 Å². The maximum absolute atomic E-state index is 13.1. The van der Waals surface area contributed by atoms with Crippen molar-refractivity contribution in [3.8, 4) is 17.2 Å². The average molecular weight is 449 g/mol. The molecule has 1 N–H and O–H groups in total. The molecule has 1 saturated heterocycles. The van der Waals surface area contributed by atoms with E-state index in [1.807, 2.05) is 6.92 Å². The highest BCUT2D eigenvalue weighted by Crippen LogP contribution is 2.31. The molecule has 1 fully saturated rings. The van der Waals surface area contributed by atoms with Gasteiger partial charge in [-0.15, -0.1) is 0 Å². The number of carbonyl (C=O) groups is 1. The van der Waals surface area contributed by atoms with Crippen molar-refractivity contribution in [3.63, 3.8) is 0 Å². The molecule has 31 heavy (non-hydrogen) atoms. The van der Waals surface area contributed by atoms with Crippen molar-refractivity contribution < 1.29 is 27.4 Å². The maximum Gasteiger partial charge on any atom is 0.255 e. The van der Waals surface area contributed by atoms with E-state index < -0.39 is 22.0 Å². The number of nitrogens with zero attached hydrogens (tertiary/aromatic N) is 1. The number of nitrogens with one attached hydrogen (secondary N) is 1. The van der Waals surface area contributed by atoms with Crippen LogP contribution in [0, 0.1) is 0 Å². The Kier molecular flexibility index (Phi) is 7.07. The first-order valence-electron chi connectivity index (χ1n) is 10.0. The molecule has 2 aromatic carbocycles. The minimum Gasteiger partial charge on any atom is -0.497 e. The summed E-state index contributed by atoms with van der Waals surface area (Å²) < 4.78 is 43.3. The topological polar surface area (TPSA) is 94.2 Å². The van der Waals surface area contributed by atoms with Gasteiger partial charge in [0.1, 0.15) is 17.2 Å². The molecule has 0 saturated carbocycles. The van der Waals surface area contributed by atoms with Gasteiger partial charge in [0.05, 0.1) is 37.8 Å². The van der Waals surface area contributed by atoms with E-state index in [0.29, 0.717) is 30.3 Å². The lowest BCUT2D eigenvalue weighted by Gasteiger charge is -2.20. The lowest BCUT2D eigenvalue weighted by Crippen LogP contribution is -2.29. The Bertz CT molecular complexity index is 1050. The minimum atomic E-state index is -3.66. The second-order valence-electron chi connectivity index (χ2n) is 7.28. The highest BCUT2D eigenvalue weighted by Gasteiger charge is 2.29. The van der Waals surface area contributed by atoms with Crippen molar-refractivity contribution in [3.05, 3.63) is 47.5 Å². The summed E-state index contributed by atoms with van der Waals surface area (Å²) in [6.07, 6.45) is 1.67. The highest BCUT2D eigenvalue weighted by molar-refractivity contribution is 7.89. The number of benzene rings is 2. The lowest BCUT2D eigenvalue weighted by atomic mass is 10.1. The largest absolute Gasteiger partial charge is 0.497 e. The van der Waals surface area contributed by atoms with Gasteiger partial charge in [-0.1, -0.05) is 0 Å².